The van der Waals surface area contributed by atoms with E-state index < -0.39 is 0 Å². The Bertz CT molecular complexity index is 674. The van der Waals surface area contributed by atoms with Gasteiger partial charge >= 0.3 is 0 Å². The van der Waals surface area contributed by atoms with Crippen molar-refractivity contribution < 1.29 is 0 Å². The number of nitrogens with two attached hydrogens (primary N) is 1. The molecule has 0 aliphatic heterocycles. The first-order chi connectivity index (χ1) is 9.65. The predicted octanol–water partition coefficient (Wildman–Crippen LogP) is 2.69. The Kier molecular flexibility index (Phi) is 4.85. The van der Waals surface area contributed by atoms with Gasteiger partial charge in [-0.25, -0.2) is 0 Å². The van der Waals surface area contributed by atoms with Crippen LogP contribution in [0.2, 0.25) is 0 Å². The van der Waals surface area contributed by atoms with Crippen LogP contribution in [-0.4, -0.2) is 9.56 Å². The van der Waals surface area contributed by atoms with Crippen molar-refractivity contribution in [2.75, 3.05) is 0 Å². The van der Waals surface area contributed by atoms with Crippen molar-refractivity contribution >= 4 is 29.4 Å². The molecule has 1 aromatic carbocycles. The number of rotatable bonds is 5. The zero-order valence-corrected chi connectivity index (χ0v) is 11.8. The van der Waals surface area contributed by atoms with Crippen molar-refractivity contribution in [2.24, 2.45) is 5.73 Å². The second-order valence-electron chi connectivity index (χ2n) is 4.45. The number of hydrogen-bond donors (Lipinski definition) is 1. The van der Waals surface area contributed by atoms with Crippen molar-refractivity contribution in [3.8, 4) is 0 Å². The summed E-state index contributed by atoms with van der Waals surface area (Å²) in [5, 5.41) is 0. The van der Waals surface area contributed by atoms with Crippen LogP contribution in [0.1, 0.15) is 17.5 Å². The number of thiocarbonyl (C=S) groups is 1. The molecule has 1 aromatic heterocycles. The maximum atomic E-state index is 11.9. The molecule has 102 valence electrons. The molecule has 0 radical (unpaired) electrons. The van der Waals surface area contributed by atoms with Crippen molar-refractivity contribution in [3.05, 3.63) is 70.1 Å². The summed E-state index contributed by atoms with van der Waals surface area (Å²) in [6, 6.07) is 13.5. The molecular formula is C16H16N2OS. The molecule has 0 amide bonds. The van der Waals surface area contributed by atoms with Crippen LogP contribution >= 0.6 is 12.2 Å². The van der Waals surface area contributed by atoms with Crippen molar-refractivity contribution in [3.63, 3.8) is 0 Å². The molecule has 0 spiro atoms. The molecule has 0 aliphatic rings. The molecule has 2 N–H and O–H groups in total. The topological polar surface area (TPSA) is 48.0 Å². The lowest BCUT2D eigenvalue weighted by Crippen LogP contribution is -2.21. The number of aromatic nitrogens is 1. The van der Waals surface area contributed by atoms with Crippen LogP contribution < -0.4 is 11.3 Å². The number of hydrogen-bond acceptors (Lipinski definition) is 2. The van der Waals surface area contributed by atoms with Gasteiger partial charge < -0.3 is 10.3 Å². The number of pyridine rings is 1. The minimum absolute atomic E-state index is 0.0449. The Morgan fingerprint density at radius 3 is 2.50 bits per heavy atom. The summed E-state index contributed by atoms with van der Waals surface area (Å²) in [6.07, 6.45) is 6.21. The van der Waals surface area contributed by atoms with E-state index in [1.165, 1.54) is 0 Å². The van der Waals surface area contributed by atoms with Crippen LogP contribution in [0, 0.1) is 0 Å². The van der Waals surface area contributed by atoms with Crippen LogP contribution in [-0.2, 0) is 6.54 Å². The summed E-state index contributed by atoms with van der Waals surface area (Å²) in [5.74, 6) is 0. The molecule has 2 rings (SSSR count). The first-order valence-electron chi connectivity index (χ1n) is 6.37. The molecule has 0 atom stereocenters. The maximum Gasteiger partial charge on any atom is 0.251 e. The normalized spacial score (nSPS) is 10.8. The Balaban J connectivity index is 2.11. The highest BCUT2D eigenvalue weighted by atomic mass is 32.1. The highest BCUT2D eigenvalue weighted by molar-refractivity contribution is 7.80. The molecule has 3 nitrogen and oxygen atoms in total. The standard InChI is InChI=1S/C16H16N2OS/c17-15(20)9-11-18-10-8-14(12-16(18)19)7-6-13-4-2-1-3-5-13/h1-8,10,12H,9,11H2,(H2,17,20)/b7-6+. The Hall–Kier alpha value is -2.20. The fourth-order valence-corrected chi connectivity index (χ4v) is 1.89. The van der Waals surface area contributed by atoms with Crippen LogP contribution in [0.3, 0.4) is 0 Å². The van der Waals surface area contributed by atoms with E-state index >= 15 is 0 Å². The Morgan fingerprint density at radius 1 is 1.15 bits per heavy atom. The van der Waals surface area contributed by atoms with Gasteiger partial charge in [-0.05, 0) is 17.2 Å². The lowest BCUT2D eigenvalue weighted by molar-refractivity contribution is 0.695. The van der Waals surface area contributed by atoms with Gasteiger partial charge in [0.05, 0.1) is 4.99 Å². The molecule has 0 fully saturated rings. The highest BCUT2D eigenvalue weighted by Gasteiger charge is 1.98. The third-order valence-electron chi connectivity index (χ3n) is 2.89. The summed E-state index contributed by atoms with van der Waals surface area (Å²) in [6.45, 7) is 0.525. The Morgan fingerprint density at radius 2 is 1.85 bits per heavy atom. The minimum atomic E-state index is -0.0449. The average Bonchev–Trinajstić information content (AvgIpc) is 2.45. The fraction of sp³-hybridized carbons (Fsp3) is 0.125. The molecule has 0 saturated carbocycles. The zero-order valence-electron chi connectivity index (χ0n) is 11.0. The quantitative estimate of drug-likeness (QED) is 0.859. The van der Waals surface area contributed by atoms with Gasteiger partial charge in [-0.2, -0.15) is 0 Å². The van der Waals surface area contributed by atoms with E-state index in [-0.39, 0.29) is 5.56 Å². The summed E-state index contributed by atoms with van der Waals surface area (Å²) < 4.78 is 1.61. The van der Waals surface area contributed by atoms with Gasteiger partial charge in [-0.3, -0.25) is 4.79 Å². The molecule has 4 heteroatoms. The summed E-state index contributed by atoms with van der Waals surface area (Å²) >= 11 is 4.81. The van der Waals surface area contributed by atoms with Crippen LogP contribution in [0.4, 0.5) is 0 Å². The van der Waals surface area contributed by atoms with Gasteiger partial charge in [0.15, 0.2) is 0 Å². The molecule has 0 saturated heterocycles. The van der Waals surface area contributed by atoms with Crippen molar-refractivity contribution in [1.82, 2.24) is 4.57 Å². The van der Waals surface area contributed by atoms with Crippen molar-refractivity contribution in [2.45, 2.75) is 13.0 Å². The molecular weight excluding hydrogens is 268 g/mol. The van der Waals surface area contributed by atoms with Gasteiger partial charge in [0.25, 0.3) is 5.56 Å². The lowest BCUT2D eigenvalue weighted by atomic mass is 10.1. The largest absolute Gasteiger partial charge is 0.393 e. The van der Waals surface area contributed by atoms with Gasteiger partial charge in [-0.1, -0.05) is 54.7 Å². The molecule has 20 heavy (non-hydrogen) atoms. The van der Waals surface area contributed by atoms with Crippen LogP contribution in [0.15, 0.2) is 53.5 Å². The summed E-state index contributed by atoms with van der Waals surface area (Å²) in [4.78, 5) is 12.3. The lowest BCUT2D eigenvalue weighted by Gasteiger charge is -2.04. The highest BCUT2D eigenvalue weighted by Crippen LogP contribution is 2.06. The SMILES string of the molecule is NC(=S)CCn1ccc(/C=C/c2ccccc2)cc1=O. The molecule has 0 aliphatic carbocycles. The van der Waals surface area contributed by atoms with Crippen molar-refractivity contribution in [1.29, 1.82) is 0 Å². The zero-order chi connectivity index (χ0) is 14.4. The van der Waals surface area contributed by atoms with E-state index in [2.05, 4.69) is 0 Å². The third kappa shape index (κ3) is 4.17. The first kappa shape index (κ1) is 14.2. The van der Waals surface area contributed by atoms with E-state index in [1.807, 2.05) is 48.6 Å². The second-order valence-corrected chi connectivity index (χ2v) is 4.98. The van der Waals surface area contributed by atoms with E-state index in [4.69, 9.17) is 18.0 Å². The average molecular weight is 284 g/mol. The number of benzene rings is 1. The molecule has 0 unspecified atom stereocenters. The van der Waals surface area contributed by atoms with Crippen LogP contribution in [0.25, 0.3) is 12.2 Å². The number of nitrogens with zero attached hydrogens (tertiary/aromatic N) is 1. The van der Waals surface area contributed by atoms with Gasteiger partial charge in [0, 0.05) is 25.2 Å². The van der Waals surface area contributed by atoms with E-state index in [9.17, 15) is 4.79 Å². The maximum absolute atomic E-state index is 11.9. The molecule has 2 aromatic rings. The minimum Gasteiger partial charge on any atom is -0.393 e. The third-order valence-corrected chi connectivity index (χ3v) is 3.09. The smallest absolute Gasteiger partial charge is 0.251 e. The van der Waals surface area contributed by atoms with Gasteiger partial charge in [0.2, 0.25) is 0 Å². The van der Waals surface area contributed by atoms with E-state index in [0.29, 0.717) is 18.0 Å². The first-order valence-corrected chi connectivity index (χ1v) is 6.78. The molecule has 1 heterocycles. The van der Waals surface area contributed by atoms with Gasteiger partial charge in [-0.15, -0.1) is 0 Å². The number of aryl methyl sites for hydroxylation is 1. The molecule has 0 bridgehead atoms. The van der Waals surface area contributed by atoms with Crippen LogP contribution in [0.5, 0.6) is 0 Å². The van der Waals surface area contributed by atoms with E-state index in [0.717, 1.165) is 11.1 Å². The van der Waals surface area contributed by atoms with E-state index in [1.54, 1.807) is 16.8 Å². The predicted molar refractivity (Wildman–Crippen MR) is 87.5 cm³/mol. The Labute approximate surface area is 123 Å². The summed E-state index contributed by atoms with van der Waals surface area (Å²) in [7, 11) is 0. The summed E-state index contributed by atoms with van der Waals surface area (Å²) in [5.41, 5.74) is 7.37. The fourth-order valence-electron chi connectivity index (χ4n) is 1.80. The second kappa shape index (κ2) is 6.82. The monoisotopic (exact) mass is 284 g/mol. The van der Waals surface area contributed by atoms with Gasteiger partial charge in [0.1, 0.15) is 0 Å².